The summed E-state index contributed by atoms with van der Waals surface area (Å²) in [4.78, 5) is 27.4. The number of sulfone groups is 1. The maximum absolute atomic E-state index is 12.6. The molecule has 0 atom stereocenters. The number of nitrogens with zero attached hydrogens (tertiary/aromatic N) is 2. The van der Waals surface area contributed by atoms with E-state index in [1.807, 2.05) is 24.3 Å². The monoisotopic (exact) mass is 624 g/mol. The van der Waals surface area contributed by atoms with Crippen molar-refractivity contribution in [1.29, 1.82) is 0 Å². The molecule has 3 rings (SSSR count). The zero-order chi connectivity index (χ0) is 30.1. The number of carbonyl (C=O) groups excluding carboxylic acids is 1. The summed E-state index contributed by atoms with van der Waals surface area (Å²) < 4.78 is 56.9. The fraction of sp³-hybridized carbons (Fsp3) is 0.400. The number of rotatable bonds is 10. The van der Waals surface area contributed by atoms with E-state index in [2.05, 4.69) is 15.6 Å². The molecule has 3 N–H and O–H groups in total. The van der Waals surface area contributed by atoms with E-state index in [0.717, 1.165) is 36.5 Å². The van der Waals surface area contributed by atoms with Crippen LogP contribution in [0.2, 0.25) is 10.0 Å². The first kappa shape index (κ1) is 33.3. The van der Waals surface area contributed by atoms with Crippen molar-refractivity contribution in [2.24, 2.45) is 4.99 Å². The van der Waals surface area contributed by atoms with Gasteiger partial charge in [0.15, 0.2) is 9.84 Å². The molecule has 0 saturated heterocycles. The van der Waals surface area contributed by atoms with Crippen molar-refractivity contribution < 1.29 is 36.3 Å². The fourth-order valence-corrected chi connectivity index (χ4v) is 5.40. The lowest BCUT2D eigenvalue weighted by Crippen LogP contribution is -2.33. The van der Waals surface area contributed by atoms with Crippen LogP contribution >= 0.6 is 23.2 Å². The zero-order valence-electron chi connectivity index (χ0n) is 21.7. The Hall–Kier alpha value is -2.87. The average molecular weight is 625 g/mol. The number of alkyl halides is 3. The van der Waals surface area contributed by atoms with E-state index in [1.165, 1.54) is 12.1 Å². The number of hydrogen-bond acceptors (Lipinski definition) is 7. The number of halogens is 5. The van der Waals surface area contributed by atoms with Gasteiger partial charge in [-0.25, -0.2) is 13.2 Å². The number of carbonyl (C=O) groups is 2. The van der Waals surface area contributed by atoms with E-state index >= 15 is 0 Å². The van der Waals surface area contributed by atoms with Gasteiger partial charge in [0.25, 0.3) is 0 Å². The molecular weight excluding hydrogens is 596 g/mol. The average Bonchev–Trinajstić information content (AvgIpc) is 3.42. The third kappa shape index (κ3) is 10.3. The molecule has 40 heavy (non-hydrogen) atoms. The lowest BCUT2D eigenvalue weighted by Gasteiger charge is -2.17. The summed E-state index contributed by atoms with van der Waals surface area (Å²) in [6.07, 6.45) is -4.15. The zero-order valence-corrected chi connectivity index (χ0v) is 24.0. The Balaban J connectivity index is 0.000000708. The molecule has 9 nitrogen and oxygen atoms in total. The van der Waals surface area contributed by atoms with Gasteiger partial charge < -0.3 is 20.6 Å². The van der Waals surface area contributed by atoms with Crippen molar-refractivity contribution in [2.45, 2.75) is 30.8 Å². The van der Waals surface area contributed by atoms with Gasteiger partial charge in [0, 0.05) is 43.7 Å². The number of aliphatic carboxylic acids is 1. The Bertz CT molecular complexity index is 1340. The van der Waals surface area contributed by atoms with E-state index in [1.54, 1.807) is 18.9 Å². The van der Waals surface area contributed by atoms with Crippen molar-refractivity contribution in [1.82, 2.24) is 15.5 Å². The van der Waals surface area contributed by atoms with Crippen molar-refractivity contribution in [3.63, 3.8) is 0 Å². The van der Waals surface area contributed by atoms with Crippen molar-refractivity contribution in [2.75, 3.05) is 39.1 Å². The molecule has 0 spiro atoms. The second-order valence-corrected chi connectivity index (χ2v) is 11.5. The topological polar surface area (TPSA) is 128 Å². The summed E-state index contributed by atoms with van der Waals surface area (Å²) in [5.74, 6) is -2.19. The van der Waals surface area contributed by atoms with Crippen LogP contribution in [0.25, 0.3) is 0 Å². The van der Waals surface area contributed by atoms with Gasteiger partial charge >= 0.3 is 12.1 Å². The summed E-state index contributed by atoms with van der Waals surface area (Å²) in [6.45, 7) is 4.22. The number of benzene rings is 2. The third-order valence-corrected chi connectivity index (χ3v) is 8.09. The molecule has 0 aromatic heterocycles. The minimum absolute atomic E-state index is 0.0313. The summed E-state index contributed by atoms with van der Waals surface area (Å²) in [7, 11) is -1.89. The fourth-order valence-electron chi connectivity index (χ4n) is 3.38. The summed E-state index contributed by atoms with van der Waals surface area (Å²) in [5, 5.41) is 13.7. The number of carboxylic acid groups (broad SMARTS) is 1. The van der Waals surface area contributed by atoms with Crippen LogP contribution < -0.4 is 10.6 Å². The molecule has 0 radical (unpaired) electrons. The van der Waals surface area contributed by atoms with E-state index in [9.17, 15) is 26.4 Å². The molecule has 0 saturated carbocycles. The van der Waals surface area contributed by atoms with Gasteiger partial charge in [0.2, 0.25) is 5.91 Å². The largest absolute Gasteiger partial charge is 0.490 e. The van der Waals surface area contributed by atoms with Gasteiger partial charge in [0.1, 0.15) is 11.7 Å². The molecular formula is C25H29Cl2F3N4O5S. The Labute approximate surface area is 240 Å². The summed E-state index contributed by atoms with van der Waals surface area (Å²) >= 11 is 12.0. The number of aryl methyl sites for hydroxylation is 1. The smallest absolute Gasteiger partial charge is 0.475 e. The molecule has 1 heterocycles. The van der Waals surface area contributed by atoms with Gasteiger partial charge in [0.05, 0.1) is 16.5 Å². The highest BCUT2D eigenvalue weighted by Gasteiger charge is 2.38. The normalized spacial score (nSPS) is 13.1. The number of amides is 1. The van der Waals surface area contributed by atoms with Crippen molar-refractivity contribution in [3.8, 4) is 0 Å². The molecule has 0 fully saturated rings. The Morgan fingerprint density at radius 3 is 2.33 bits per heavy atom. The maximum atomic E-state index is 12.6. The molecule has 0 bridgehead atoms. The quantitative estimate of drug-likeness (QED) is 0.344. The molecule has 0 aliphatic carbocycles. The van der Waals surface area contributed by atoms with Gasteiger partial charge in [-0.05, 0) is 36.6 Å². The predicted molar refractivity (Wildman–Crippen MR) is 147 cm³/mol. The highest BCUT2D eigenvalue weighted by Crippen LogP contribution is 2.28. The van der Waals surface area contributed by atoms with Gasteiger partial charge in [-0.2, -0.15) is 13.2 Å². The SMILES string of the molecule is Cc1cc(S(=O)(=O)CNCCC(=O)N(C)CCc2ccc(C3=NCCN3)cc2)c(Cl)cc1Cl.O=C(O)C(F)(F)F. The lowest BCUT2D eigenvalue weighted by molar-refractivity contribution is -0.192. The van der Waals surface area contributed by atoms with Crippen molar-refractivity contribution >= 4 is 50.8 Å². The van der Waals surface area contributed by atoms with Gasteiger partial charge in [-0.3, -0.25) is 9.79 Å². The minimum atomic E-state index is -5.08. The maximum Gasteiger partial charge on any atom is 0.490 e. The Morgan fingerprint density at radius 1 is 1.15 bits per heavy atom. The van der Waals surface area contributed by atoms with Crippen LogP contribution in [-0.2, 0) is 25.8 Å². The van der Waals surface area contributed by atoms with E-state index in [0.29, 0.717) is 17.1 Å². The molecule has 15 heteroatoms. The minimum Gasteiger partial charge on any atom is -0.475 e. The molecule has 2 aromatic rings. The second kappa shape index (κ2) is 14.7. The predicted octanol–water partition coefficient (Wildman–Crippen LogP) is 3.70. The Morgan fingerprint density at radius 2 is 1.77 bits per heavy atom. The molecule has 1 amide bonds. The standard InChI is InChI=1S/C23H28Cl2N4O3S.C2HF3O2/c1-16-13-21(20(25)14-19(16)24)33(31,32)15-26-9-7-22(30)29(2)12-8-17-3-5-18(6-4-17)23-27-10-11-28-23;3-2(4,5)1(6)7/h3-6,13-14,26H,7-12,15H2,1-2H3,(H,27,28);(H,6,7). The molecule has 2 aromatic carbocycles. The third-order valence-electron chi connectivity index (χ3n) is 5.66. The van der Waals surface area contributed by atoms with Crippen LogP contribution in [-0.4, -0.2) is 81.4 Å². The molecule has 0 unspecified atom stereocenters. The number of nitrogens with one attached hydrogen (secondary N) is 2. The van der Waals surface area contributed by atoms with Crippen LogP contribution in [0.4, 0.5) is 13.2 Å². The number of aliphatic imine (C=N–C) groups is 1. The van der Waals surface area contributed by atoms with Crippen LogP contribution in [0.15, 0.2) is 46.3 Å². The second-order valence-electron chi connectivity index (χ2n) is 8.76. The molecule has 1 aliphatic heterocycles. The van der Waals surface area contributed by atoms with Crippen LogP contribution in [0.5, 0.6) is 0 Å². The summed E-state index contributed by atoms with van der Waals surface area (Å²) in [5.41, 5.74) is 2.84. The van der Waals surface area contributed by atoms with E-state index in [-0.39, 0.29) is 34.7 Å². The van der Waals surface area contributed by atoms with Crippen LogP contribution in [0.3, 0.4) is 0 Å². The van der Waals surface area contributed by atoms with Gasteiger partial charge in [-0.1, -0.05) is 47.5 Å². The Kier molecular flexibility index (Phi) is 12.2. The number of hydrogen-bond donors (Lipinski definition) is 3. The highest BCUT2D eigenvalue weighted by atomic mass is 35.5. The first-order valence-corrected chi connectivity index (χ1v) is 14.3. The van der Waals surface area contributed by atoms with Gasteiger partial charge in [-0.15, -0.1) is 0 Å². The number of carboxylic acids is 1. The number of likely N-dealkylation sites (N-methyl/N-ethyl adjacent to an activating group) is 1. The first-order valence-electron chi connectivity index (χ1n) is 11.9. The summed E-state index contributed by atoms with van der Waals surface area (Å²) in [6, 6.07) is 11.1. The van der Waals surface area contributed by atoms with Crippen LogP contribution in [0.1, 0.15) is 23.1 Å². The lowest BCUT2D eigenvalue weighted by atomic mass is 10.1. The first-order chi connectivity index (χ1) is 18.6. The van der Waals surface area contributed by atoms with Crippen LogP contribution in [0, 0.1) is 6.92 Å². The molecule has 220 valence electrons. The highest BCUT2D eigenvalue weighted by molar-refractivity contribution is 7.91. The van der Waals surface area contributed by atoms with Crippen molar-refractivity contribution in [3.05, 3.63) is 63.1 Å². The van der Waals surface area contributed by atoms with E-state index < -0.39 is 22.0 Å². The van der Waals surface area contributed by atoms with E-state index in [4.69, 9.17) is 33.1 Å². The number of amidine groups is 1. The molecule has 1 aliphatic rings.